The van der Waals surface area contributed by atoms with Gasteiger partial charge in [-0.05, 0) is 31.7 Å². The zero-order chi connectivity index (χ0) is 13.0. The lowest BCUT2D eigenvalue weighted by Gasteiger charge is -2.23. The lowest BCUT2D eigenvalue weighted by atomic mass is 10.1. The molecule has 1 aromatic rings. The van der Waals surface area contributed by atoms with E-state index in [-0.39, 0.29) is 24.4 Å². The first-order chi connectivity index (χ1) is 8.70. The summed E-state index contributed by atoms with van der Waals surface area (Å²) in [5, 5.41) is 0. The number of hydrogen-bond donors (Lipinski definition) is 1. The molecule has 0 bridgehead atoms. The molecule has 1 aliphatic heterocycles. The molecule has 1 atom stereocenters. The van der Waals surface area contributed by atoms with Crippen LogP contribution in [0.5, 0.6) is 0 Å². The predicted molar refractivity (Wildman–Crippen MR) is 80.5 cm³/mol. The molecule has 0 aliphatic carbocycles. The van der Waals surface area contributed by atoms with Crippen LogP contribution in [0.15, 0.2) is 24.3 Å². The Bertz CT molecular complexity index is 422. The maximum Gasteiger partial charge on any atom is 0.223 e. The van der Waals surface area contributed by atoms with E-state index in [1.165, 1.54) is 11.1 Å². The van der Waals surface area contributed by atoms with Crippen LogP contribution < -0.4 is 5.73 Å². The molecule has 1 saturated heterocycles. The summed E-state index contributed by atoms with van der Waals surface area (Å²) in [6.45, 7) is 3.56. The number of hydrogen-bond acceptors (Lipinski definition) is 2. The third-order valence-corrected chi connectivity index (χ3v) is 3.68. The normalized spacial score (nSPS) is 18.2. The molecule has 0 spiro atoms. The molecular weight excluding hydrogens is 260 g/mol. The van der Waals surface area contributed by atoms with E-state index in [1.54, 1.807) is 0 Å². The largest absolute Gasteiger partial charge is 0.338 e. The molecule has 0 saturated carbocycles. The van der Waals surface area contributed by atoms with E-state index in [4.69, 9.17) is 5.73 Å². The molecule has 1 heterocycles. The highest BCUT2D eigenvalue weighted by Gasteiger charge is 2.26. The van der Waals surface area contributed by atoms with E-state index < -0.39 is 0 Å². The predicted octanol–water partition coefficient (Wildman–Crippen LogP) is 2.30. The van der Waals surface area contributed by atoms with Crippen molar-refractivity contribution in [2.75, 3.05) is 13.1 Å². The van der Waals surface area contributed by atoms with Crippen molar-refractivity contribution in [3.8, 4) is 0 Å². The number of carbonyl (C=O) groups excluding carboxylic acids is 1. The minimum atomic E-state index is 0. The zero-order valence-corrected chi connectivity index (χ0v) is 12.3. The highest BCUT2D eigenvalue weighted by Crippen LogP contribution is 2.18. The zero-order valence-electron chi connectivity index (χ0n) is 11.5. The second-order valence-corrected chi connectivity index (χ2v) is 5.11. The van der Waals surface area contributed by atoms with Gasteiger partial charge in [0.2, 0.25) is 5.91 Å². The Morgan fingerprint density at radius 3 is 2.95 bits per heavy atom. The Labute approximate surface area is 121 Å². The fraction of sp³-hybridized carbons (Fsp3) is 0.533. The average Bonchev–Trinajstić information content (AvgIpc) is 2.84. The summed E-state index contributed by atoms with van der Waals surface area (Å²) in [6.07, 6.45) is 3.58. The minimum absolute atomic E-state index is 0. The lowest BCUT2D eigenvalue weighted by molar-refractivity contribution is -0.131. The summed E-state index contributed by atoms with van der Waals surface area (Å²) in [5.41, 5.74) is 8.19. The molecular formula is C15H23ClN2O. The van der Waals surface area contributed by atoms with Gasteiger partial charge in [0.1, 0.15) is 0 Å². The van der Waals surface area contributed by atoms with Crippen LogP contribution in [0.4, 0.5) is 0 Å². The Morgan fingerprint density at radius 1 is 1.47 bits per heavy atom. The first-order valence-corrected chi connectivity index (χ1v) is 6.76. The second-order valence-electron chi connectivity index (χ2n) is 5.11. The molecule has 4 heteroatoms. The summed E-state index contributed by atoms with van der Waals surface area (Å²) in [5.74, 6) is 0.254. The van der Waals surface area contributed by atoms with Crippen molar-refractivity contribution in [3.63, 3.8) is 0 Å². The van der Waals surface area contributed by atoms with Crippen LogP contribution >= 0.6 is 12.4 Å². The number of likely N-dealkylation sites (tertiary alicyclic amines) is 1. The van der Waals surface area contributed by atoms with E-state index in [0.29, 0.717) is 13.0 Å². The van der Waals surface area contributed by atoms with Crippen molar-refractivity contribution in [3.05, 3.63) is 35.4 Å². The van der Waals surface area contributed by atoms with Gasteiger partial charge >= 0.3 is 0 Å². The van der Waals surface area contributed by atoms with Gasteiger partial charge in [-0.15, -0.1) is 12.4 Å². The van der Waals surface area contributed by atoms with E-state index in [1.807, 2.05) is 11.0 Å². The van der Waals surface area contributed by atoms with Crippen LogP contribution in [-0.4, -0.2) is 29.9 Å². The van der Waals surface area contributed by atoms with Crippen LogP contribution in [0, 0.1) is 6.92 Å². The Balaban J connectivity index is 0.00000180. The molecule has 0 aromatic heterocycles. The standard InChI is InChI=1S/C15H22N2O.ClH/c1-12-4-2-5-13(10-12)7-8-15(18)17-9-3-6-14(17)11-16;/h2,4-5,10,14H,3,6-9,11,16H2,1H3;1H. The molecule has 2 rings (SSSR count). The average molecular weight is 283 g/mol. The van der Waals surface area contributed by atoms with Gasteiger partial charge in [0.05, 0.1) is 0 Å². The van der Waals surface area contributed by atoms with Crippen molar-refractivity contribution < 1.29 is 4.79 Å². The number of nitrogens with two attached hydrogens (primary N) is 1. The first kappa shape index (κ1) is 16.0. The third-order valence-electron chi connectivity index (χ3n) is 3.68. The summed E-state index contributed by atoms with van der Waals surface area (Å²) < 4.78 is 0. The first-order valence-electron chi connectivity index (χ1n) is 6.76. The van der Waals surface area contributed by atoms with E-state index in [9.17, 15) is 4.79 Å². The summed E-state index contributed by atoms with van der Waals surface area (Å²) in [4.78, 5) is 14.1. The summed E-state index contributed by atoms with van der Waals surface area (Å²) >= 11 is 0. The highest BCUT2D eigenvalue weighted by atomic mass is 35.5. The number of rotatable bonds is 4. The van der Waals surface area contributed by atoms with Crippen LogP contribution in [0.2, 0.25) is 0 Å². The number of aryl methyl sites for hydroxylation is 2. The molecule has 19 heavy (non-hydrogen) atoms. The van der Waals surface area contributed by atoms with Crippen molar-refractivity contribution in [1.82, 2.24) is 4.90 Å². The smallest absolute Gasteiger partial charge is 0.223 e. The molecule has 1 fully saturated rings. The molecule has 106 valence electrons. The highest BCUT2D eigenvalue weighted by molar-refractivity contribution is 5.85. The van der Waals surface area contributed by atoms with Gasteiger partial charge in [0.15, 0.2) is 0 Å². The molecule has 1 aliphatic rings. The number of halogens is 1. The maximum absolute atomic E-state index is 12.1. The molecule has 1 unspecified atom stereocenters. The van der Waals surface area contributed by atoms with Crippen molar-refractivity contribution in [1.29, 1.82) is 0 Å². The molecule has 1 amide bonds. The van der Waals surface area contributed by atoms with Gasteiger partial charge in [-0.2, -0.15) is 0 Å². The maximum atomic E-state index is 12.1. The van der Waals surface area contributed by atoms with Crippen LogP contribution in [0.25, 0.3) is 0 Å². The number of benzene rings is 1. The summed E-state index contributed by atoms with van der Waals surface area (Å²) in [7, 11) is 0. The van der Waals surface area contributed by atoms with Gasteiger partial charge in [0.25, 0.3) is 0 Å². The van der Waals surface area contributed by atoms with Gasteiger partial charge in [0, 0.05) is 25.6 Å². The molecule has 0 radical (unpaired) electrons. The topological polar surface area (TPSA) is 46.3 Å². The third kappa shape index (κ3) is 4.22. The number of amides is 1. The molecule has 1 aromatic carbocycles. The Kier molecular flexibility index (Phi) is 6.32. The molecule has 2 N–H and O–H groups in total. The quantitative estimate of drug-likeness (QED) is 0.921. The van der Waals surface area contributed by atoms with E-state index in [2.05, 4.69) is 25.1 Å². The number of carbonyl (C=O) groups is 1. The lowest BCUT2D eigenvalue weighted by Crippen LogP contribution is -2.39. The van der Waals surface area contributed by atoms with Crippen molar-refractivity contribution in [2.24, 2.45) is 5.73 Å². The van der Waals surface area contributed by atoms with Gasteiger partial charge in [-0.25, -0.2) is 0 Å². The van der Waals surface area contributed by atoms with Gasteiger partial charge in [-0.1, -0.05) is 29.8 Å². The molecule has 3 nitrogen and oxygen atoms in total. The van der Waals surface area contributed by atoms with Crippen molar-refractivity contribution in [2.45, 2.75) is 38.6 Å². The Hall–Kier alpha value is -1.06. The SMILES string of the molecule is Cc1cccc(CCC(=O)N2CCCC2CN)c1.Cl. The van der Waals surface area contributed by atoms with E-state index in [0.717, 1.165) is 25.8 Å². The fourth-order valence-electron chi connectivity index (χ4n) is 2.67. The van der Waals surface area contributed by atoms with Crippen LogP contribution in [0.1, 0.15) is 30.4 Å². The van der Waals surface area contributed by atoms with Crippen LogP contribution in [-0.2, 0) is 11.2 Å². The minimum Gasteiger partial charge on any atom is -0.338 e. The monoisotopic (exact) mass is 282 g/mol. The van der Waals surface area contributed by atoms with E-state index >= 15 is 0 Å². The van der Waals surface area contributed by atoms with Crippen LogP contribution in [0.3, 0.4) is 0 Å². The Morgan fingerprint density at radius 2 is 2.26 bits per heavy atom. The van der Waals surface area contributed by atoms with Gasteiger partial charge in [-0.3, -0.25) is 4.79 Å². The van der Waals surface area contributed by atoms with Crippen molar-refractivity contribution >= 4 is 18.3 Å². The second kappa shape index (κ2) is 7.51. The van der Waals surface area contributed by atoms with Gasteiger partial charge < -0.3 is 10.6 Å². The fourth-order valence-corrected chi connectivity index (χ4v) is 2.67. The number of nitrogens with zero attached hydrogens (tertiary/aromatic N) is 1. The summed E-state index contributed by atoms with van der Waals surface area (Å²) in [6, 6.07) is 8.64.